The summed E-state index contributed by atoms with van der Waals surface area (Å²) in [6.45, 7) is 6.86. The third-order valence-electron chi connectivity index (χ3n) is 4.30. The van der Waals surface area contributed by atoms with Crippen LogP contribution in [0.4, 0.5) is 0 Å². The molecule has 0 radical (unpaired) electrons. The van der Waals surface area contributed by atoms with E-state index in [4.69, 9.17) is 9.40 Å². The first kappa shape index (κ1) is 17.8. The first-order valence-electron chi connectivity index (χ1n) is 8.56. The number of nitrogens with zero attached hydrogens (tertiary/aromatic N) is 2. The predicted octanol–water partition coefficient (Wildman–Crippen LogP) is 5.39. The molecule has 3 rings (SSSR count). The van der Waals surface area contributed by atoms with Crippen LogP contribution in [-0.2, 0) is 13.1 Å². The van der Waals surface area contributed by atoms with Gasteiger partial charge in [0.05, 0.1) is 5.69 Å². The topological polar surface area (TPSA) is 29.3 Å². The smallest absolute Gasteiger partial charge is 0.226 e. The molecule has 0 aliphatic rings. The molecule has 0 atom stereocenters. The average molecular weight is 353 g/mol. The Morgan fingerprint density at radius 2 is 1.72 bits per heavy atom. The largest absolute Gasteiger partial charge is 0.441 e. The highest BCUT2D eigenvalue weighted by atomic mass is 32.2. The zero-order chi connectivity index (χ0) is 17.6. The van der Waals surface area contributed by atoms with E-state index in [0.29, 0.717) is 5.89 Å². The maximum Gasteiger partial charge on any atom is 0.226 e. The summed E-state index contributed by atoms with van der Waals surface area (Å²) in [5.74, 6) is 1.60. The third-order valence-corrected chi connectivity index (χ3v) is 5.04. The molecule has 2 aromatic carbocycles. The van der Waals surface area contributed by atoms with Crippen molar-refractivity contribution in [3.63, 3.8) is 0 Å². The fraction of sp³-hybridized carbons (Fsp3) is 0.286. The van der Waals surface area contributed by atoms with Crippen LogP contribution in [0.15, 0.2) is 63.9 Å². The molecule has 25 heavy (non-hydrogen) atoms. The molecule has 3 aromatic rings. The molecule has 1 aromatic heterocycles. The Balaban J connectivity index is 1.74. The van der Waals surface area contributed by atoms with Gasteiger partial charge in [-0.1, -0.05) is 37.3 Å². The number of rotatable bonds is 7. The highest BCUT2D eigenvalue weighted by molar-refractivity contribution is 7.98. The number of oxazole rings is 1. The molecule has 0 bridgehead atoms. The van der Waals surface area contributed by atoms with Gasteiger partial charge in [0, 0.05) is 23.5 Å². The summed E-state index contributed by atoms with van der Waals surface area (Å²) in [5, 5.41) is 0. The zero-order valence-corrected chi connectivity index (χ0v) is 15.8. The molecule has 3 nitrogen and oxygen atoms in total. The van der Waals surface area contributed by atoms with Crippen LogP contribution in [0.3, 0.4) is 0 Å². The molecule has 4 heteroatoms. The minimum Gasteiger partial charge on any atom is -0.441 e. The monoisotopic (exact) mass is 352 g/mol. The predicted molar refractivity (Wildman–Crippen MR) is 105 cm³/mol. The Kier molecular flexibility index (Phi) is 5.95. The van der Waals surface area contributed by atoms with Gasteiger partial charge in [0.1, 0.15) is 5.76 Å². The van der Waals surface area contributed by atoms with E-state index in [2.05, 4.69) is 72.7 Å². The Hall–Kier alpha value is -2.04. The van der Waals surface area contributed by atoms with Crippen molar-refractivity contribution in [1.82, 2.24) is 9.88 Å². The molecule has 0 spiro atoms. The van der Waals surface area contributed by atoms with Gasteiger partial charge < -0.3 is 4.42 Å². The number of hydrogen-bond donors (Lipinski definition) is 0. The standard InChI is InChI=1S/C21H24N2OS/c1-4-23(14-17-8-6-5-7-9-17)15-20-16(2)24-21(22-20)18-10-12-19(25-3)13-11-18/h5-13H,4,14-15H2,1-3H3. The summed E-state index contributed by atoms with van der Waals surface area (Å²) >= 11 is 1.74. The van der Waals surface area contributed by atoms with Crippen LogP contribution in [0.2, 0.25) is 0 Å². The first-order chi connectivity index (χ1) is 12.2. The average Bonchev–Trinajstić information content (AvgIpc) is 3.02. The first-order valence-corrected chi connectivity index (χ1v) is 9.79. The van der Waals surface area contributed by atoms with E-state index < -0.39 is 0 Å². The van der Waals surface area contributed by atoms with Crippen LogP contribution in [0, 0.1) is 6.92 Å². The molecule has 1 heterocycles. The number of thioether (sulfide) groups is 1. The van der Waals surface area contributed by atoms with Crippen molar-refractivity contribution >= 4 is 11.8 Å². The zero-order valence-electron chi connectivity index (χ0n) is 15.0. The molecule has 0 unspecified atom stereocenters. The summed E-state index contributed by atoms with van der Waals surface area (Å²) in [6, 6.07) is 18.9. The Labute approximate surface area is 154 Å². The molecular formula is C21H24N2OS. The molecule has 0 aliphatic heterocycles. The lowest BCUT2D eigenvalue weighted by Crippen LogP contribution is -2.22. The minimum atomic E-state index is 0.705. The van der Waals surface area contributed by atoms with E-state index in [1.807, 2.05) is 6.92 Å². The molecule has 0 amide bonds. The SMILES string of the molecule is CCN(Cc1ccccc1)Cc1nc(-c2ccc(SC)cc2)oc1C. The molecule has 0 saturated heterocycles. The number of benzene rings is 2. The second-order valence-electron chi connectivity index (χ2n) is 6.04. The van der Waals surface area contributed by atoms with Crippen molar-refractivity contribution in [2.75, 3.05) is 12.8 Å². The minimum absolute atomic E-state index is 0.705. The molecule has 0 N–H and O–H groups in total. The van der Waals surface area contributed by atoms with E-state index in [1.54, 1.807) is 11.8 Å². The fourth-order valence-electron chi connectivity index (χ4n) is 2.76. The number of hydrogen-bond acceptors (Lipinski definition) is 4. The van der Waals surface area contributed by atoms with Crippen LogP contribution in [-0.4, -0.2) is 22.7 Å². The highest BCUT2D eigenvalue weighted by Gasteiger charge is 2.14. The van der Waals surface area contributed by atoms with E-state index >= 15 is 0 Å². The van der Waals surface area contributed by atoms with Gasteiger partial charge in [-0.05, 0) is 49.6 Å². The maximum atomic E-state index is 5.93. The Morgan fingerprint density at radius 1 is 1.00 bits per heavy atom. The second kappa shape index (κ2) is 8.37. The van der Waals surface area contributed by atoms with Crippen LogP contribution < -0.4 is 0 Å². The van der Waals surface area contributed by atoms with E-state index in [1.165, 1.54) is 10.5 Å². The van der Waals surface area contributed by atoms with Crippen LogP contribution >= 0.6 is 11.8 Å². The number of aryl methyl sites for hydroxylation is 1. The van der Waals surface area contributed by atoms with E-state index in [0.717, 1.165) is 36.7 Å². The second-order valence-corrected chi connectivity index (χ2v) is 6.92. The van der Waals surface area contributed by atoms with Crippen LogP contribution in [0.25, 0.3) is 11.5 Å². The van der Waals surface area contributed by atoms with Gasteiger partial charge in [0.25, 0.3) is 0 Å². The van der Waals surface area contributed by atoms with Gasteiger partial charge in [-0.3, -0.25) is 4.90 Å². The van der Waals surface area contributed by atoms with Crippen molar-refractivity contribution in [1.29, 1.82) is 0 Å². The molecule has 130 valence electrons. The van der Waals surface area contributed by atoms with Crippen LogP contribution in [0.5, 0.6) is 0 Å². The summed E-state index contributed by atoms with van der Waals surface area (Å²) < 4.78 is 5.93. The molecule has 0 saturated carbocycles. The quantitative estimate of drug-likeness (QED) is 0.533. The summed E-state index contributed by atoms with van der Waals surface area (Å²) in [4.78, 5) is 8.37. The normalized spacial score (nSPS) is 11.2. The van der Waals surface area contributed by atoms with E-state index in [-0.39, 0.29) is 0 Å². The molecular weight excluding hydrogens is 328 g/mol. The van der Waals surface area contributed by atoms with Crippen LogP contribution in [0.1, 0.15) is 23.9 Å². The van der Waals surface area contributed by atoms with Crippen molar-refractivity contribution in [3.05, 3.63) is 71.6 Å². The van der Waals surface area contributed by atoms with Gasteiger partial charge in [-0.2, -0.15) is 0 Å². The lowest BCUT2D eigenvalue weighted by Gasteiger charge is -2.19. The van der Waals surface area contributed by atoms with Gasteiger partial charge in [-0.15, -0.1) is 11.8 Å². The van der Waals surface area contributed by atoms with Crippen molar-refractivity contribution in [2.45, 2.75) is 31.8 Å². The number of aromatic nitrogens is 1. The molecule has 0 aliphatic carbocycles. The van der Waals surface area contributed by atoms with Crippen molar-refractivity contribution in [3.8, 4) is 11.5 Å². The molecule has 0 fully saturated rings. The summed E-state index contributed by atoms with van der Waals surface area (Å²) in [7, 11) is 0. The summed E-state index contributed by atoms with van der Waals surface area (Å²) in [6.07, 6.45) is 2.08. The van der Waals surface area contributed by atoms with Gasteiger partial charge >= 0.3 is 0 Å². The van der Waals surface area contributed by atoms with E-state index in [9.17, 15) is 0 Å². The van der Waals surface area contributed by atoms with Gasteiger partial charge in [0.15, 0.2) is 0 Å². The van der Waals surface area contributed by atoms with Gasteiger partial charge in [0.2, 0.25) is 5.89 Å². The lowest BCUT2D eigenvalue weighted by atomic mass is 10.2. The van der Waals surface area contributed by atoms with Crippen molar-refractivity contribution < 1.29 is 4.42 Å². The van der Waals surface area contributed by atoms with Gasteiger partial charge in [-0.25, -0.2) is 4.98 Å². The Bertz CT molecular complexity index is 797. The Morgan fingerprint density at radius 3 is 2.36 bits per heavy atom. The maximum absolute atomic E-state index is 5.93. The van der Waals surface area contributed by atoms with Crippen molar-refractivity contribution in [2.24, 2.45) is 0 Å². The third kappa shape index (κ3) is 4.53. The summed E-state index contributed by atoms with van der Waals surface area (Å²) in [5.41, 5.74) is 3.36. The lowest BCUT2D eigenvalue weighted by molar-refractivity contribution is 0.267. The fourth-order valence-corrected chi connectivity index (χ4v) is 3.17. The highest BCUT2D eigenvalue weighted by Crippen LogP contribution is 2.25.